The normalized spacial score (nSPS) is 18.2. The molecule has 2 aromatic carbocycles. The van der Waals surface area contributed by atoms with Crippen LogP contribution in [0.4, 0.5) is 17.1 Å². The summed E-state index contributed by atoms with van der Waals surface area (Å²) in [5.74, 6) is 0. The monoisotopic (exact) mass is 272 g/mol. The maximum Gasteiger partial charge on any atom is 0.0663 e. The molecule has 1 aliphatic heterocycles. The second kappa shape index (κ2) is 4.78. The number of nitrogens with zero attached hydrogens (tertiary/aromatic N) is 1. The Morgan fingerprint density at radius 3 is 2.74 bits per heavy atom. The van der Waals surface area contributed by atoms with Crippen molar-refractivity contribution in [1.82, 2.24) is 0 Å². The topological polar surface area (TPSA) is 29.3 Å². The molecule has 1 heterocycles. The van der Waals surface area contributed by atoms with Gasteiger partial charge in [-0.25, -0.2) is 0 Å². The van der Waals surface area contributed by atoms with Crippen molar-refractivity contribution in [1.29, 1.82) is 0 Å². The highest BCUT2D eigenvalue weighted by molar-refractivity contribution is 6.33. The number of benzene rings is 2. The molecule has 1 unspecified atom stereocenters. The van der Waals surface area contributed by atoms with E-state index in [1.54, 1.807) is 0 Å². The SMILES string of the molecule is CC1CCc2ccccc2N1c1ccc(N)cc1Cl. The predicted molar refractivity (Wildman–Crippen MR) is 82.2 cm³/mol. The van der Waals surface area contributed by atoms with E-state index < -0.39 is 0 Å². The van der Waals surface area contributed by atoms with Crippen LogP contribution in [-0.2, 0) is 6.42 Å². The molecule has 2 N–H and O–H groups in total. The number of nitrogens with two attached hydrogens (primary N) is 1. The van der Waals surface area contributed by atoms with Gasteiger partial charge < -0.3 is 10.6 Å². The molecule has 0 fully saturated rings. The number of halogens is 1. The molecular formula is C16H17ClN2. The van der Waals surface area contributed by atoms with E-state index in [-0.39, 0.29) is 0 Å². The van der Waals surface area contributed by atoms with Crippen molar-refractivity contribution < 1.29 is 0 Å². The number of nitrogen functional groups attached to an aromatic ring is 1. The summed E-state index contributed by atoms with van der Waals surface area (Å²) in [6.45, 7) is 2.24. The standard InChI is InChI=1S/C16H17ClN2/c1-11-6-7-12-4-2-3-5-15(12)19(11)16-9-8-13(18)10-14(16)17/h2-5,8-11H,6-7,18H2,1H3. The molecule has 0 saturated carbocycles. The molecule has 2 nitrogen and oxygen atoms in total. The number of hydrogen-bond donors (Lipinski definition) is 1. The van der Waals surface area contributed by atoms with Gasteiger partial charge in [0.2, 0.25) is 0 Å². The van der Waals surface area contributed by atoms with E-state index in [0.717, 1.165) is 18.5 Å². The molecule has 0 amide bonds. The molecule has 0 spiro atoms. The van der Waals surface area contributed by atoms with Gasteiger partial charge in [-0.15, -0.1) is 0 Å². The Morgan fingerprint density at radius 1 is 1.16 bits per heavy atom. The van der Waals surface area contributed by atoms with Crippen LogP contribution in [0.25, 0.3) is 0 Å². The third kappa shape index (κ3) is 2.17. The fourth-order valence-corrected chi connectivity index (χ4v) is 3.05. The van der Waals surface area contributed by atoms with Gasteiger partial charge in [0, 0.05) is 17.4 Å². The molecule has 0 aliphatic carbocycles. The Bertz CT molecular complexity index is 609. The first-order valence-electron chi connectivity index (χ1n) is 6.59. The van der Waals surface area contributed by atoms with Crippen molar-refractivity contribution in [3.63, 3.8) is 0 Å². The maximum absolute atomic E-state index is 6.37. The third-order valence-corrected chi connectivity index (χ3v) is 4.06. The zero-order valence-electron chi connectivity index (χ0n) is 10.9. The molecule has 3 heteroatoms. The van der Waals surface area contributed by atoms with Crippen molar-refractivity contribution in [3.05, 3.63) is 53.1 Å². The molecular weight excluding hydrogens is 256 g/mol. The zero-order chi connectivity index (χ0) is 13.4. The fraction of sp³-hybridized carbons (Fsp3) is 0.250. The van der Waals surface area contributed by atoms with Crippen LogP contribution in [-0.4, -0.2) is 6.04 Å². The molecule has 1 aliphatic rings. The summed E-state index contributed by atoms with van der Waals surface area (Å²) in [6, 6.07) is 14.7. The van der Waals surface area contributed by atoms with Crippen molar-refractivity contribution in [2.45, 2.75) is 25.8 Å². The first kappa shape index (κ1) is 12.4. The summed E-state index contributed by atoms with van der Waals surface area (Å²) >= 11 is 6.37. The molecule has 0 aromatic heterocycles. The van der Waals surface area contributed by atoms with Gasteiger partial charge in [0.1, 0.15) is 0 Å². The average molecular weight is 273 g/mol. The van der Waals surface area contributed by atoms with Gasteiger partial charge in [-0.3, -0.25) is 0 Å². The van der Waals surface area contributed by atoms with E-state index >= 15 is 0 Å². The van der Waals surface area contributed by atoms with E-state index in [1.807, 2.05) is 18.2 Å². The summed E-state index contributed by atoms with van der Waals surface area (Å²) in [5, 5.41) is 0.712. The van der Waals surface area contributed by atoms with E-state index in [4.69, 9.17) is 17.3 Å². The molecule has 3 rings (SSSR count). The van der Waals surface area contributed by atoms with E-state index in [2.05, 4.69) is 36.1 Å². The molecule has 19 heavy (non-hydrogen) atoms. The van der Waals surface area contributed by atoms with Crippen LogP contribution in [0.2, 0.25) is 5.02 Å². The number of aryl methyl sites for hydroxylation is 1. The Morgan fingerprint density at radius 2 is 1.95 bits per heavy atom. The highest BCUT2D eigenvalue weighted by atomic mass is 35.5. The van der Waals surface area contributed by atoms with Crippen LogP contribution in [0.1, 0.15) is 18.9 Å². The first-order chi connectivity index (χ1) is 9.16. The van der Waals surface area contributed by atoms with E-state index in [1.165, 1.54) is 11.3 Å². The summed E-state index contributed by atoms with van der Waals surface area (Å²) < 4.78 is 0. The second-order valence-electron chi connectivity index (χ2n) is 5.10. The third-order valence-electron chi connectivity index (χ3n) is 3.75. The highest BCUT2D eigenvalue weighted by Gasteiger charge is 2.25. The van der Waals surface area contributed by atoms with Crippen LogP contribution in [0.5, 0.6) is 0 Å². The Kier molecular flexibility index (Phi) is 3.11. The Labute approximate surface area is 118 Å². The quantitative estimate of drug-likeness (QED) is 0.780. The van der Waals surface area contributed by atoms with Gasteiger partial charge in [-0.2, -0.15) is 0 Å². The van der Waals surface area contributed by atoms with Gasteiger partial charge in [0.25, 0.3) is 0 Å². The van der Waals surface area contributed by atoms with Crippen molar-refractivity contribution in [3.8, 4) is 0 Å². The fourth-order valence-electron chi connectivity index (χ4n) is 2.77. The second-order valence-corrected chi connectivity index (χ2v) is 5.50. The molecule has 98 valence electrons. The molecule has 0 bridgehead atoms. The van der Waals surface area contributed by atoms with Crippen molar-refractivity contribution in [2.24, 2.45) is 0 Å². The van der Waals surface area contributed by atoms with Crippen molar-refractivity contribution >= 4 is 28.7 Å². The zero-order valence-corrected chi connectivity index (χ0v) is 11.7. The Hall–Kier alpha value is -1.67. The largest absolute Gasteiger partial charge is 0.399 e. The lowest BCUT2D eigenvalue weighted by Gasteiger charge is -2.37. The summed E-state index contributed by atoms with van der Waals surface area (Å²) in [5.41, 5.74) is 10.2. The van der Waals surface area contributed by atoms with E-state index in [9.17, 15) is 0 Å². The lowest BCUT2D eigenvalue weighted by Crippen LogP contribution is -2.33. The van der Waals surface area contributed by atoms with Crippen LogP contribution < -0.4 is 10.6 Å². The van der Waals surface area contributed by atoms with Gasteiger partial charge in [-0.1, -0.05) is 29.8 Å². The number of hydrogen-bond acceptors (Lipinski definition) is 2. The molecule has 1 atom stereocenters. The van der Waals surface area contributed by atoms with Crippen LogP contribution in [0.3, 0.4) is 0 Å². The first-order valence-corrected chi connectivity index (χ1v) is 6.97. The Balaban J connectivity index is 2.13. The van der Waals surface area contributed by atoms with Gasteiger partial charge in [0.15, 0.2) is 0 Å². The molecule has 2 aromatic rings. The predicted octanol–water partition coefficient (Wildman–Crippen LogP) is 4.40. The smallest absolute Gasteiger partial charge is 0.0663 e. The van der Waals surface area contributed by atoms with E-state index in [0.29, 0.717) is 16.8 Å². The van der Waals surface area contributed by atoms with Crippen LogP contribution in [0, 0.1) is 0 Å². The minimum atomic E-state index is 0.441. The average Bonchev–Trinajstić information content (AvgIpc) is 2.40. The highest BCUT2D eigenvalue weighted by Crippen LogP contribution is 2.40. The molecule has 0 radical (unpaired) electrons. The van der Waals surface area contributed by atoms with Gasteiger partial charge >= 0.3 is 0 Å². The summed E-state index contributed by atoms with van der Waals surface area (Å²) in [4.78, 5) is 2.32. The van der Waals surface area contributed by atoms with Gasteiger partial charge in [0.05, 0.1) is 10.7 Å². The number of anilines is 3. The number of para-hydroxylation sites is 1. The maximum atomic E-state index is 6.37. The number of rotatable bonds is 1. The minimum Gasteiger partial charge on any atom is -0.399 e. The van der Waals surface area contributed by atoms with Gasteiger partial charge in [-0.05, 0) is 49.6 Å². The summed E-state index contributed by atoms with van der Waals surface area (Å²) in [6.07, 6.45) is 2.26. The molecule has 0 saturated heterocycles. The minimum absolute atomic E-state index is 0.441. The number of fused-ring (bicyclic) bond motifs is 1. The van der Waals surface area contributed by atoms with Crippen molar-refractivity contribution in [2.75, 3.05) is 10.6 Å². The van der Waals surface area contributed by atoms with Crippen LogP contribution >= 0.6 is 11.6 Å². The lowest BCUT2D eigenvalue weighted by molar-refractivity contribution is 0.618. The lowest BCUT2D eigenvalue weighted by atomic mass is 9.96. The van der Waals surface area contributed by atoms with Crippen LogP contribution in [0.15, 0.2) is 42.5 Å². The summed E-state index contributed by atoms with van der Waals surface area (Å²) in [7, 11) is 0.